The number of halogens is 1. The molecule has 0 aromatic heterocycles. The van der Waals surface area contributed by atoms with Gasteiger partial charge < -0.3 is 39.7 Å². The number of aliphatic hydroxyl groups is 1. The molecule has 1 spiro atoms. The number of aliphatic carboxylic acids is 2. The van der Waals surface area contributed by atoms with Gasteiger partial charge in [-0.25, -0.2) is 4.79 Å². The van der Waals surface area contributed by atoms with Gasteiger partial charge in [0.15, 0.2) is 5.60 Å². The van der Waals surface area contributed by atoms with E-state index in [0.29, 0.717) is 30.2 Å². The predicted molar refractivity (Wildman–Crippen MR) is 159 cm³/mol. The van der Waals surface area contributed by atoms with Crippen LogP contribution in [0.25, 0.3) is 0 Å². The van der Waals surface area contributed by atoms with Gasteiger partial charge in [0, 0.05) is 37.6 Å². The van der Waals surface area contributed by atoms with Crippen molar-refractivity contribution < 1.29 is 49.1 Å². The third kappa shape index (κ3) is 7.41. The summed E-state index contributed by atoms with van der Waals surface area (Å²) in [6.07, 6.45) is -0.818. The highest BCUT2D eigenvalue weighted by Gasteiger charge is 2.44. The first-order valence-corrected chi connectivity index (χ1v) is 15.3. The fourth-order valence-corrected chi connectivity index (χ4v) is 6.83. The summed E-state index contributed by atoms with van der Waals surface area (Å²) in [5, 5.41) is 38.9. The van der Waals surface area contributed by atoms with Gasteiger partial charge in [0.1, 0.15) is 11.9 Å². The molecule has 2 aromatic rings. The van der Waals surface area contributed by atoms with Crippen molar-refractivity contribution in [2.75, 3.05) is 32.7 Å². The minimum absolute atomic E-state index is 0.0370. The molecular weight excluding hydrogens is 608 g/mol. The molecule has 2 fully saturated rings. The quantitative estimate of drug-likeness (QED) is 0.265. The molecule has 13 heteroatoms. The zero-order valence-electron chi connectivity index (χ0n) is 24.7. The first kappa shape index (κ1) is 32.7. The topological polar surface area (TPSA) is 174 Å². The van der Waals surface area contributed by atoms with E-state index in [-0.39, 0.29) is 36.8 Å². The Morgan fingerprint density at radius 2 is 1.80 bits per heavy atom. The minimum Gasteiger partial charge on any atom is -0.508 e. The lowest BCUT2D eigenvalue weighted by Crippen LogP contribution is -2.47. The van der Waals surface area contributed by atoms with Crippen molar-refractivity contribution in [3.63, 3.8) is 0 Å². The van der Waals surface area contributed by atoms with Gasteiger partial charge >= 0.3 is 17.9 Å². The van der Waals surface area contributed by atoms with Gasteiger partial charge in [-0.1, -0.05) is 35.9 Å². The van der Waals surface area contributed by atoms with E-state index in [2.05, 4.69) is 17.0 Å². The molecule has 3 heterocycles. The Hall–Kier alpha value is -3.71. The highest BCUT2D eigenvalue weighted by atomic mass is 35.5. The number of amides is 1. The fourth-order valence-electron chi connectivity index (χ4n) is 6.63. The number of carboxylic acid groups (broad SMARTS) is 2. The van der Waals surface area contributed by atoms with Crippen LogP contribution in [0.15, 0.2) is 42.5 Å². The molecule has 0 radical (unpaired) electrons. The van der Waals surface area contributed by atoms with Crippen molar-refractivity contribution >= 4 is 35.4 Å². The van der Waals surface area contributed by atoms with Crippen LogP contribution >= 0.6 is 11.6 Å². The number of piperidine rings is 1. The van der Waals surface area contributed by atoms with Crippen molar-refractivity contribution in [1.82, 2.24) is 9.80 Å². The normalized spacial score (nSPS) is 21.2. The third-order valence-electron chi connectivity index (χ3n) is 9.03. The van der Waals surface area contributed by atoms with Crippen molar-refractivity contribution in [3.05, 3.63) is 64.2 Å². The van der Waals surface area contributed by atoms with Crippen LogP contribution in [0.3, 0.4) is 0 Å². The lowest BCUT2D eigenvalue weighted by atomic mass is 9.83. The Labute approximate surface area is 265 Å². The zero-order valence-corrected chi connectivity index (χ0v) is 25.4. The number of ether oxygens (including phenoxy) is 2. The lowest BCUT2D eigenvalue weighted by Gasteiger charge is -2.40. The summed E-state index contributed by atoms with van der Waals surface area (Å²) in [6.45, 7) is 2.80. The highest BCUT2D eigenvalue weighted by Crippen LogP contribution is 2.44. The maximum atomic E-state index is 13.9. The molecule has 0 saturated carbocycles. The Bertz CT molecular complexity index is 1460. The molecule has 0 aliphatic carbocycles. The molecule has 2 saturated heterocycles. The minimum atomic E-state index is -2.80. The Kier molecular flexibility index (Phi) is 9.68. The molecule has 0 bridgehead atoms. The van der Waals surface area contributed by atoms with Crippen LogP contribution < -0.4 is 0 Å². The second-order valence-electron chi connectivity index (χ2n) is 12.2. The number of benzene rings is 2. The van der Waals surface area contributed by atoms with Crippen LogP contribution in [0.2, 0.25) is 5.02 Å². The van der Waals surface area contributed by atoms with Crippen molar-refractivity contribution in [1.29, 1.82) is 0 Å². The maximum absolute atomic E-state index is 13.9. The van der Waals surface area contributed by atoms with Gasteiger partial charge in [-0.2, -0.15) is 0 Å². The third-order valence-corrected chi connectivity index (χ3v) is 9.40. The largest absolute Gasteiger partial charge is 0.508 e. The average Bonchev–Trinajstić information content (AvgIpc) is 3.60. The first-order chi connectivity index (χ1) is 21.4. The monoisotopic (exact) mass is 644 g/mol. The molecule has 4 N–H and O–H groups in total. The Balaban J connectivity index is 1.24. The number of carbonyl (C=O) groups excluding carboxylic acids is 2. The van der Waals surface area contributed by atoms with Crippen molar-refractivity contribution in [2.24, 2.45) is 5.92 Å². The van der Waals surface area contributed by atoms with Gasteiger partial charge in [0.05, 0.1) is 37.5 Å². The van der Waals surface area contributed by atoms with Gasteiger partial charge in [0.25, 0.3) is 0 Å². The summed E-state index contributed by atoms with van der Waals surface area (Å²) in [4.78, 5) is 52.7. The van der Waals surface area contributed by atoms with Gasteiger partial charge in [-0.15, -0.1) is 0 Å². The summed E-state index contributed by atoms with van der Waals surface area (Å²) in [5.41, 5.74) is -0.0706. The molecule has 3 aliphatic rings. The van der Waals surface area contributed by atoms with Crippen LogP contribution in [0.1, 0.15) is 48.8 Å². The van der Waals surface area contributed by atoms with E-state index in [1.54, 1.807) is 17.0 Å². The molecule has 12 nitrogen and oxygen atoms in total. The summed E-state index contributed by atoms with van der Waals surface area (Å²) in [6, 6.07) is 12.9. The molecule has 242 valence electrons. The van der Waals surface area contributed by atoms with Crippen LogP contribution in [0, 0.1) is 5.92 Å². The predicted octanol–water partition coefficient (Wildman–Crippen LogP) is 2.55. The summed E-state index contributed by atoms with van der Waals surface area (Å²) < 4.78 is 11.7. The first-order valence-electron chi connectivity index (χ1n) is 15.0. The molecule has 45 heavy (non-hydrogen) atoms. The number of carbonyl (C=O) groups is 4. The number of aromatic hydroxyl groups is 1. The number of hydrogen-bond acceptors (Lipinski definition) is 9. The molecular formula is C32H37ClN2O10. The molecule has 1 amide bonds. The summed E-state index contributed by atoms with van der Waals surface area (Å²) >= 11 is 6.44. The van der Waals surface area contributed by atoms with Crippen LogP contribution in [-0.4, -0.2) is 98.5 Å². The molecule has 2 unspecified atom stereocenters. The second-order valence-corrected chi connectivity index (χ2v) is 12.6. The summed E-state index contributed by atoms with van der Waals surface area (Å²) in [5.74, 6) is -5.16. The number of nitrogens with zero attached hydrogens (tertiary/aromatic N) is 2. The van der Waals surface area contributed by atoms with Gasteiger partial charge in [0.2, 0.25) is 5.91 Å². The van der Waals surface area contributed by atoms with E-state index in [9.17, 15) is 34.5 Å². The van der Waals surface area contributed by atoms with Crippen LogP contribution in [-0.2, 0) is 47.3 Å². The molecule has 3 aliphatic heterocycles. The number of likely N-dealkylation sites (tertiary alicyclic amines) is 2. The average molecular weight is 645 g/mol. The van der Waals surface area contributed by atoms with Gasteiger partial charge in [-0.3, -0.25) is 14.4 Å². The van der Waals surface area contributed by atoms with E-state index in [1.807, 2.05) is 12.1 Å². The number of rotatable bonds is 11. The highest BCUT2D eigenvalue weighted by molar-refractivity contribution is 6.31. The number of phenolic OH excluding ortho intramolecular Hbond substituents is 1. The Morgan fingerprint density at radius 1 is 1.07 bits per heavy atom. The maximum Gasteiger partial charge on any atom is 0.336 e. The van der Waals surface area contributed by atoms with Gasteiger partial charge in [-0.05, 0) is 54.2 Å². The van der Waals surface area contributed by atoms with Crippen LogP contribution in [0.4, 0.5) is 0 Å². The fraction of sp³-hybridized carbons (Fsp3) is 0.500. The Morgan fingerprint density at radius 3 is 2.51 bits per heavy atom. The second kappa shape index (κ2) is 13.3. The van der Waals surface area contributed by atoms with Crippen LogP contribution in [0.5, 0.6) is 5.75 Å². The van der Waals surface area contributed by atoms with E-state index in [0.717, 1.165) is 25.9 Å². The van der Waals surface area contributed by atoms with Crippen molar-refractivity contribution in [3.8, 4) is 5.75 Å². The number of esters is 1. The van der Waals surface area contributed by atoms with E-state index >= 15 is 0 Å². The lowest BCUT2D eigenvalue weighted by molar-refractivity contribution is -0.173. The smallest absolute Gasteiger partial charge is 0.336 e. The number of fused-ring (bicyclic) bond motifs is 2. The number of carboxylic acids is 2. The SMILES string of the molecule is O=C(O)CC(O)(CC(=O)O[C@H]1CCN(C(=O)C(Cc2cc(O)ccc2Cl)CN2CCC3(CC2)OCc2ccccc23)C1)C(=O)O. The van der Waals surface area contributed by atoms with E-state index in [4.69, 9.17) is 26.2 Å². The zero-order chi connectivity index (χ0) is 32.4. The standard InChI is InChI=1S/C32H37ClN2O10/c33-26-6-5-23(36)14-21(26)13-22(17-34-11-8-32(9-12-34)25-4-2-1-3-20(25)19-44-32)29(40)35-10-7-24(18-35)45-28(39)16-31(43,30(41)42)15-27(37)38/h1-6,14,22,24,36,43H,7-13,15-19H2,(H,37,38)(H,41,42)/t22?,24-,31?/m0/s1. The number of hydrogen-bond donors (Lipinski definition) is 4. The summed E-state index contributed by atoms with van der Waals surface area (Å²) in [7, 11) is 0. The molecule has 2 aromatic carbocycles. The molecule has 5 rings (SSSR count). The number of phenols is 1. The van der Waals surface area contributed by atoms with E-state index < -0.39 is 48.4 Å². The molecule has 3 atom stereocenters. The van der Waals surface area contributed by atoms with Crippen molar-refractivity contribution in [2.45, 2.75) is 62.4 Å². The van der Waals surface area contributed by atoms with E-state index in [1.165, 1.54) is 17.2 Å².